The van der Waals surface area contributed by atoms with Gasteiger partial charge in [-0.05, 0) is 19.1 Å². The molecule has 8 nitrogen and oxygen atoms in total. The Hall–Kier alpha value is -2.64. The average Bonchev–Trinajstić information content (AvgIpc) is 2.37. The molecule has 102 valence electrons. The monoisotopic (exact) mass is 268 g/mol. The van der Waals surface area contributed by atoms with Crippen molar-refractivity contribution in [1.82, 2.24) is 0 Å². The van der Waals surface area contributed by atoms with Crippen LogP contribution in [0.4, 0.5) is 5.69 Å². The van der Waals surface area contributed by atoms with Gasteiger partial charge in [0, 0.05) is 6.07 Å². The molecule has 0 fully saturated rings. The van der Waals surface area contributed by atoms with E-state index < -0.39 is 28.6 Å². The molecule has 2 N–H and O–H groups in total. The van der Waals surface area contributed by atoms with Crippen LogP contribution in [0, 0.1) is 10.1 Å². The molecule has 1 amide bonds. The lowest BCUT2D eigenvalue weighted by molar-refractivity contribution is -0.386. The summed E-state index contributed by atoms with van der Waals surface area (Å²) < 4.78 is 9.52. The number of hydrogen-bond donors (Lipinski definition) is 1. The first-order chi connectivity index (χ1) is 8.86. The number of benzene rings is 1. The highest BCUT2D eigenvalue weighted by atomic mass is 16.6. The molecule has 1 aromatic rings. The van der Waals surface area contributed by atoms with Crippen molar-refractivity contribution in [3.05, 3.63) is 33.9 Å². The predicted molar refractivity (Wildman–Crippen MR) is 63.7 cm³/mol. The maximum atomic E-state index is 11.3. The molecule has 1 atom stereocenters. The summed E-state index contributed by atoms with van der Waals surface area (Å²) in [6, 6.07) is 3.51. The number of carbonyl (C=O) groups is 2. The Morgan fingerprint density at radius 2 is 2.05 bits per heavy atom. The smallest absolute Gasteiger partial charge is 0.338 e. The predicted octanol–water partition coefficient (Wildman–Crippen LogP) is 0.634. The molecule has 0 saturated carbocycles. The summed E-state index contributed by atoms with van der Waals surface area (Å²) in [5.74, 6) is -1.62. The molecule has 0 spiro atoms. The molecule has 19 heavy (non-hydrogen) atoms. The molecular weight excluding hydrogens is 256 g/mol. The van der Waals surface area contributed by atoms with E-state index in [9.17, 15) is 19.7 Å². The highest BCUT2D eigenvalue weighted by molar-refractivity contribution is 5.90. The SMILES string of the molecule is COC(=O)c1ccc(O[C@@H](C)C(N)=O)c([N+](=O)[O-])c1. The molecule has 0 radical (unpaired) electrons. The van der Waals surface area contributed by atoms with Crippen LogP contribution in [0.2, 0.25) is 0 Å². The molecule has 1 aromatic carbocycles. The van der Waals surface area contributed by atoms with Gasteiger partial charge < -0.3 is 15.2 Å². The van der Waals surface area contributed by atoms with Crippen LogP contribution >= 0.6 is 0 Å². The number of nitro groups is 1. The molecule has 0 aliphatic carbocycles. The van der Waals surface area contributed by atoms with E-state index in [0.29, 0.717) is 0 Å². The second-order valence-electron chi connectivity index (χ2n) is 3.59. The first-order valence-electron chi connectivity index (χ1n) is 5.19. The van der Waals surface area contributed by atoms with E-state index in [1.165, 1.54) is 19.1 Å². The zero-order valence-electron chi connectivity index (χ0n) is 10.3. The molecule has 0 unspecified atom stereocenters. The summed E-state index contributed by atoms with van der Waals surface area (Å²) in [6.07, 6.45) is -1.03. The van der Waals surface area contributed by atoms with Gasteiger partial charge in [0.05, 0.1) is 17.6 Å². The molecule has 0 aromatic heterocycles. The van der Waals surface area contributed by atoms with Crippen molar-refractivity contribution >= 4 is 17.6 Å². The summed E-state index contributed by atoms with van der Waals surface area (Å²) in [5, 5.41) is 10.9. The third-order valence-electron chi connectivity index (χ3n) is 2.28. The number of amides is 1. The van der Waals surface area contributed by atoms with E-state index >= 15 is 0 Å². The molecule has 0 aliphatic rings. The number of nitro benzene ring substituents is 1. The van der Waals surface area contributed by atoms with E-state index in [0.717, 1.165) is 13.2 Å². The number of nitrogens with zero attached hydrogens (tertiary/aromatic N) is 1. The van der Waals surface area contributed by atoms with Crippen LogP contribution in [0.1, 0.15) is 17.3 Å². The molecule has 0 saturated heterocycles. The lowest BCUT2D eigenvalue weighted by Crippen LogP contribution is -2.30. The van der Waals surface area contributed by atoms with Crippen molar-refractivity contribution < 1.29 is 24.0 Å². The summed E-state index contributed by atoms with van der Waals surface area (Å²) in [4.78, 5) is 32.3. The van der Waals surface area contributed by atoms with Crippen molar-refractivity contribution in [3.8, 4) is 5.75 Å². The van der Waals surface area contributed by atoms with Crippen LogP contribution in [0.5, 0.6) is 5.75 Å². The van der Waals surface area contributed by atoms with Gasteiger partial charge in [0.15, 0.2) is 11.9 Å². The fourth-order valence-electron chi connectivity index (χ4n) is 1.25. The van der Waals surface area contributed by atoms with Gasteiger partial charge in [0.25, 0.3) is 5.91 Å². The highest BCUT2D eigenvalue weighted by Gasteiger charge is 2.22. The number of carbonyl (C=O) groups excluding carboxylic acids is 2. The number of hydrogen-bond acceptors (Lipinski definition) is 6. The Bertz CT molecular complexity index is 528. The van der Waals surface area contributed by atoms with E-state index in [4.69, 9.17) is 10.5 Å². The van der Waals surface area contributed by atoms with Crippen molar-refractivity contribution in [2.75, 3.05) is 7.11 Å². The minimum absolute atomic E-state index is 0.00766. The first kappa shape index (κ1) is 14.4. The topological polar surface area (TPSA) is 122 Å². The van der Waals surface area contributed by atoms with Crippen molar-refractivity contribution in [1.29, 1.82) is 0 Å². The number of primary amides is 1. The Kier molecular flexibility index (Phi) is 4.41. The molecule has 0 bridgehead atoms. The fraction of sp³-hybridized carbons (Fsp3) is 0.273. The zero-order valence-corrected chi connectivity index (χ0v) is 10.3. The largest absolute Gasteiger partial charge is 0.474 e. The maximum Gasteiger partial charge on any atom is 0.338 e. The van der Waals surface area contributed by atoms with Gasteiger partial charge in [-0.3, -0.25) is 14.9 Å². The standard InChI is InChI=1S/C11H12N2O6/c1-6(10(12)14)19-9-4-3-7(11(15)18-2)5-8(9)13(16)17/h3-6H,1-2H3,(H2,12,14)/t6-/m0/s1. The molecule has 0 heterocycles. The Balaban J connectivity index is 3.15. The summed E-state index contributed by atoms with van der Waals surface area (Å²) in [6.45, 7) is 1.36. The van der Waals surface area contributed by atoms with E-state index in [1.807, 2.05) is 0 Å². The number of esters is 1. The van der Waals surface area contributed by atoms with Crippen LogP contribution in [0.15, 0.2) is 18.2 Å². The third-order valence-corrected chi connectivity index (χ3v) is 2.28. The molecular formula is C11H12N2O6. The minimum atomic E-state index is -1.03. The van der Waals surface area contributed by atoms with Crippen LogP contribution in [-0.4, -0.2) is 30.0 Å². The van der Waals surface area contributed by atoms with Gasteiger partial charge in [-0.15, -0.1) is 0 Å². The van der Waals surface area contributed by atoms with E-state index in [1.54, 1.807) is 0 Å². The Morgan fingerprint density at radius 1 is 1.42 bits per heavy atom. The fourth-order valence-corrected chi connectivity index (χ4v) is 1.25. The van der Waals surface area contributed by atoms with Crippen LogP contribution in [0.3, 0.4) is 0 Å². The Morgan fingerprint density at radius 3 is 2.53 bits per heavy atom. The zero-order chi connectivity index (χ0) is 14.6. The molecule has 1 rings (SSSR count). The summed E-state index contributed by atoms with van der Waals surface area (Å²) in [7, 11) is 1.16. The number of methoxy groups -OCH3 is 1. The average molecular weight is 268 g/mol. The Labute approximate surface area is 108 Å². The van der Waals surface area contributed by atoms with Crippen LogP contribution in [0.25, 0.3) is 0 Å². The van der Waals surface area contributed by atoms with E-state index in [2.05, 4.69) is 4.74 Å². The highest BCUT2D eigenvalue weighted by Crippen LogP contribution is 2.29. The lowest BCUT2D eigenvalue weighted by atomic mass is 10.2. The van der Waals surface area contributed by atoms with Crippen molar-refractivity contribution in [3.63, 3.8) is 0 Å². The van der Waals surface area contributed by atoms with Gasteiger partial charge >= 0.3 is 11.7 Å². The quantitative estimate of drug-likeness (QED) is 0.475. The number of ether oxygens (including phenoxy) is 2. The second kappa shape index (κ2) is 5.80. The van der Waals surface area contributed by atoms with Gasteiger partial charge in [-0.1, -0.05) is 0 Å². The van der Waals surface area contributed by atoms with Crippen molar-refractivity contribution in [2.45, 2.75) is 13.0 Å². The second-order valence-corrected chi connectivity index (χ2v) is 3.59. The third kappa shape index (κ3) is 3.41. The number of rotatable bonds is 5. The van der Waals surface area contributed by atoms with Crippen molar-refractivity contribution in [2.24, 2.45) is 5.73 Å². The van der Waals surface area contributed by atoms with Crippen LogP contribution < -0.4 is 10.5 Å². The number of nitrogens with two attached hydrogens (primary N) is 1. The normalized spacial score (nSPS) is 11.5. The van der Waals surface area contributed by atoms with Gasteiger partial charge in [0.1, 0.15) is 0 Å². The van der Waals surface area contributed by atoms with Gasteiger partial charge in [-0.2, -0.15) is 0 Å². The van der Waals surface area contributed by atoms with Crippen LogP contribution in [-0.2, 0) is 9.53 Å². The molecule has 0 aliphatic heterocycles. The van der Waals surface area contributed by atoms with Gasteiger partial charge in [-0.25, -0.2) is 4.79 Å². The summed E-state index contributed by atoms with van der Waals surface area (Å²) in [5.41, 5.74) is 4.56. The first-order valence-corrected chi connectivity index (χ1v) is 5.19. The molecule has 8 heteroatoms. The lowest BCUT2D eigenvalue weighted by Gasteiger charge is -2.11. The maximum absolute atomic E-state index is 11.3. The minimum Gasteiger partial charge on any atom is -0.474 e. The summed E-state index contributed by atoms with van der Waals surface area (Å²) >= 11 is 0. The van der Waals surface area contributed by atoms with E-state index in [-0.39, 0.29) is 11.3 Å². The van der Waals surface area contributed by atoms with Gasteiger partial charge in [0.2, 0.25) is 0 Å².